The number of hydrogen-bond acceptors (Lipinski definition) is 7. The van der Waals surface area contributed by atoms with Gasteiger partial charge in [-0.25, -0.2) is 8.42 Å². The molecule has 1 fully saturated rings. The van der Waals surface area contributed by atoms with Gasteiger partial charge in [-0.3, -0.25) is 14.9 Å². The van der Waals surface area contributed by atoms with Crippen LogP contribution in [0, 0.1) is 6.92 Å². The highest BCUT2D eigenvalue weighted by Gasteiger charge is 2.35. The molecule has 3 aromatic rings. The second-order valence-electron chi connectivity index (χ2n) is 7.39. The van der Waals surface area contributed by atoms with Gasteiger partial charge in [0, 0.05) is 30.5 Å². The fourth-order valence-electron chi connectivity index (χ4n) is 3.44. The van der Waals surface area contributed by atoms with Crippen molar-refractivity contribution >= 4 is 33.4 Å². The number of nitrogens with zero attached hydrogens (tertiary/aromatic N) is 3. The molecule has 2 amide bonds. The van der Waals surface area contributed by atoms with Gasteiger partial charge in [0.05, 0.1) is 10.8 Å². The summed E-state index contributed by atoms with van der Waals surface area (Å²) in [5.41, 5.74) is 1.91. The predicted molar refractivity (Wildman–Crippen MR) is 113 cm³/mol. The molecule has 0 saturated carbocycles. The van der Waals surface area contributed by atoms with Crippen LogP contribution in [-0.2, 0) is 14.6 Å². The van der Waals surface area contributed by atoms with E-state index in [-0.39, 0.29) is 41.0 Å². The Balaban J connectivity index is 1.46. The fraction of sp³-hybridized carbons (Fsp3) is 0.238. The lowest BCUT2D eigenvalue weighted by Crippen LogP contribution is -2.24. The maximum atomic E-state index is 12.5. The molecule has 0 bridgehead atoms. The number of anilines is 2. The molecule has 0 aliphatic carbocycles. The molecule has 1 aromatic heterocycles. The van der Waals surface area contributed by atoms with Crippen molar-refractivity contribution in [3.63, 3.8) is 0 Å². The first kappa shape index (κ1) is 20.7. The zero-order valence-corrected chi connectivity index (χ0v) is 17.7. The van der Waals surface area contributed by atoms with E-state index in [9.17, 15) is 18.0 Å². The third-order valence-electron chi connectivity index (χ3n) is 5.10. The Bertz CT molecular complexity index is 1250. The van der Waals surface area contributed by atoms with Crippen LogP contribution in [0.2, 0.25) is 0 Å². The highest BCUT2D eigenvalue weighted by atomic mass is 32.2. The molecule has 0 spiro atoms. The van der Waals surface area contributed by atoms with Crippen LogP contribution in [0.1, 0.15) is 34.2 Å². The molecule has 4 rings (SSSR count). The van der Waals surface area contributed by atoms with Crippen molar-refractivity contribution in [2.75, 3.05) is 23.0 Å². The third-order valence-corrected chi connectivity index (χ3v) is 6.23. The van der Waals surface area contributed by atoms with Gasteiger partial charge in [-0.1, -0.05) is 23.3 Å². The van der Waals surface area contributed by atoms with Crippen molar-refractivity contribution in [2.24, 2.45) is 0 Å². The van der Waals surface area contributed by atoms with Crippen LogP contribution < -0.4 is 10.2 Å². The van der Waals surface area contributed by atoms with E-state index in [1.165, 1.54) is 12.1 Å². The number of amides is 2. The zero-order chi connectivity index (χ0) is 22.2. The van der Waals surface area contributed by atoms with E-state index in [1.807, 2.05) is 19.1 Å². The molecular weight excluding hydrogens is 420 g/mol. The molecule has 31 heavy (non-hydrogen) atoms. The molecule has 1 aliphatic rings. The van der Waals surface area contributed by atoms with E-state index in [4.69, 9.17) is 4.42 Å². The number of carbonyl (C=O) groups excluding carboxylic acids is 2. The van der Waals surface area contributed by atoms with Gasteiger partial charge in [-0.15, -0.1) is 5.10 Å². The predicted octanol–water partition coefficient (Wildman–Crippen LogP) is 2.55. The number of aromatic nitrogens is 2. The molecule has 0 unspecified atom stereocenters. The lowest BCUT2D eigenvalue weighted by Gasteiger charge is -2.16. The van der Waals surface area contributed by atoms with Gasteiger partial charge in [0.25, 0.3) is 5.91 Å². The summed E-state index contributed by atoms with van der Waals surface area (Å²) in [6, 6.07) is 13.2. The molecule has 2 heterocycles. The van der Waals surface area contributed by atoms with Crippen molar-refractivity contribution in [1.29, 1.82) is 0 Å². The quantitative estimate of drug-likeness (QED) is 0.647. The molecule has 1 aliphatic heterocycles. The monoisotopic (exact) mass is 440 g/mol. The normalized spacial score (nSPS) is 16.5. The van der Waals surface area contributed by atoms with Gasteiger partial charge in [0.1, 0.15) is 0 Å². The Morgan fingerprint density at radius 2 is 1.84 bits per heavy atom. The Labute approximate surface area is 179 Å². The average Bonchev–Trinajstić information content (AvgIpc) is 3.34. The smallest absolute Gasteiger partial charge is 0.322 e. The van der Waals surface area contributed by atoms with Crippen molar-refractivity contribution in [3.05, 3.63) is 65.5 Å². The minimum absolute atomic E-state index is 0.0355. The largest absolute Gasteiger partial charge is 0.407 e. The lowest BCUT2D eigenvalue weighted by atomic mass is 10.1. The van der Waals surface area contributed by atoms with Gasteiger partial charge in [-0.2, -0.15) is 0 Å². The standard InChI is InChI=1S/C21H20N4O5S/c1-13-5-3-4-6-17(13)19(27)22-21-24-23-20(30-21)14-11-18(26)25(12-14)15-7-9-16(10-8-15)31(2,28)29/h3-10,14H,11-12H2,1-2H3,(H,22,24,27)/t14-/m0/s1. The van der Waals surface area contributed by atoms with Gasteiger partial charge < -0.3 is 9.32 Å². The van der Waals surface area contributed by atoms with Crippen molar-refractivity contribution < 1.29 is 22.4 Å². The van der Waals surface area contributed by atoms with Crippen LogP contribution in [0.25, 0.3) is 0 Å². The zero-order valence-electron chi connectivity index (χ0n) is 16.9. The van der Waals surface area contributed by atoms with E-state index in [2.05, 4.69) is 15.5 Å². The summed E-state index contributed by atoms with van der Waals surface area (Å²) in [7, 11) is -3.31. The maximum Gasteiger partial charge on any atom is 0.322 e. The van der Waals surface area contributed by atoms with Crippen LogP contribution in [0.5, 0.6) is 0 Å². The van der Waals surface area contributed by atoms with Crippen molar-refractivity contribution in [3.8, 4) is 0 Å². The molecule has 1 saturated heterocycles. The van der Waals surface area contributed by atoms with Crippen LogP contribution in [0.3, 0.4) is 0 Å². The molecule has 1 atom stereocenters. The second-order valence-corrected chi connectivity index (χ2v) is 9.40. The molecular formula is C21H20N4O5S. The second kappa shape index (κ2) is 7.95. The highest BCUT2D eigenvalue weighted by Crippen LogP contribution is 2.32. The van der Waals surface area contributed by atoms with Crippen LogP contribution in [-0.4, -0.2) is 43.2 Å². The SMILES string of the molecule is Cc1ccccc1C(=O)Nc1nnc([C@H]2CC(=O)N(c3ccc(S(C)(=O)=O)cc3)C2)o1. The first-order chi connectivity index (χ1) is 14.7. The molecule has 10 heteroatoms. The van der Waals surface area contributed by atoms with Crippen LogP contribution in [0.15, 0.2) is 57.8 Å². The summed E-state index contributed by atoms with van der Waals surface area (Å²) in [6.07, 6.45) is 1.30. The number of benzene rings is 2. The molecule has 1 N–H and O–H groups in total. The number of carbonyl (C=O) groups is 2. The molecule has 0 radical (unpaired) electrons. The first-order valence-corrected chi connectivity index (χ1v) is 11.4. The van der Waals surface area contributed by atoms with Gasteiger partial charge in [0.2, 0.25) is 11.8 Å². The van der Waals surface area contributed by atoms with E-state index in [0.717, 1.165) is 11.8 Å². The van der Waals surface area contributed by atoms with Crippen molar-refractivity contribution in [1.82, 2.24) is 10.2 Å². The topological polar surface area (TPSA) is 122 Å². The lowest BCUT2D eigenvalue weighted by molar-refractivity contribution is -0.117. The number of sulfone groups is 1. The number of rotatable bonds is 5. The van der Waals surface area contributed by atoms with Gasteiger partial charge in [0.15, 0.2) is 9.84 Å². The van der Waals surface area contributed by atoms with E-state index in [0.29, 0.717) is 17.8 Å². The minimum atomic E-state index is -3.31. The van der Waals surface area contributed by atoms with E-state index in [1.54, 1.807) is 29.2 Å². The summed E-state index contributed by atoms with van der Waals surface area (Å²) in [6.45, 7) is 2.14. The maximum absolute atomic E-state index is 12.5. The van der Waals surface area contributed by atoms with Crippen LogP contribution in [0.4, 0.5) is 11.7 Å². The molecule has 9 nitrogen and oxygen atoms in total. The summed E-state index contributed by atoms with van der Waals surface area (Å²) < 4.78 is 28.8. The third kappa shape index (κ3) is 4.33. The Morgan fingerprint density at radius 1 is 1.13 bits per heavy atom. The number of hydrogen-bond donors (Lipinski definition) is 1. The summed E-state index contributed by atoms with van der Waals surface area (Å²) in [5.74, 6) is -0.577. The van der Waals surface area contributed by atoms with E-state index < -0.39 is 9.84 Å². The minimum Gasteiger partial charge on any atom is -0.407 e. The first-order valence-electron chi connectivity index (χ1n) is 9.53. The average molecular weight is 440 g/mol. The highest BCUT2D eigenvalue weighted by molar-refractivity contribution is 7.90. The summed E-state index contributed by atoms with van der Waals surface area (Å²) in [5, 5.41) is 10.4. The van der Waals surface area contributed by atoms with E-state index >= 15 is 0 Å². The fourth-order valence-corrected chi connectivity index (χ4v) is 4.07. The Morgan fingerprint density at radius 3 is 2.52 bits per heavy atom. The molecule has 2 aromatic carbocycles. The Hall–Kier alpha value is -3.53. The van der Waals surface area contributed by atoms with Crippen molar-refractivity contribution in [2.45, 2.75) is 24.2 Å². The van der Waals surface area contributed by atoms with Gasteiger partial charge >= 0.3 is 6.01 Å². The number of aryl methyl sites for hydroxylation is 1. The molecule has 160 valence electrons. The number of nitrogens with one attached hydrogen (secondary N) is 1. The van der Waals surface area contributed by atoms with Crippen LogP contribution >= 0.6 is 0 Å². The van der Waals surface area contributed by atoms with Gasteiger partial charge in [-0.05, 0) is 42.8 Å². The Kier molecular flexibility index (Phi) is 5.32. The summed E-state index contributed by atoms with van der Waals surface area (Å²) in [4.78, 5) is 26.6. The summed E-state index contributed by atoms with van der Waals surface area (Å²) >= 11 is 0.